The van der Waals surface area contributed by atoms with Crippen LogP contribution < -0.4 is 5.32 Å². The third kappa shape index (κ3) is 2.78. The third-order valence-electron chi connectivity index (χ3n) is 4.12. The lowest BCUT2D eigenvalue weighted by molar-refractivity contribution is 0.677. The highest BCUT2D eigenvalue weighted by Crippen LogP contribution is 2.23. The van der Waals surface area contributed by atoms with E-state index in [1.807, 2.05) is 0 Å². The van der Waals surface area contributed by atoms with Crippen molar-refractivity contribution in [2.45, 2.75) is 46.2 Å². The molecule has 20 heavy (non-hydrogen) atoms. The number of fused-ring (bicyclic) bond motifs is 1. The second-order valence-corrected chi connectivity index (χ2v) is 5.67. The summed E-state index contributed by atoms with van der Waals surface area (Å²) in [6, 6.07) is 6.92. The number of hydrogen-bond acceptors (Lipinski definition) is 2. The molecule has 0 amide bonds. The van der Waals surface area contributed by atoms with E-state index in [0.717, 1.165) is 25.3 Å². The number of aromatic nitrogens is 2. The third-order valence-corrected chi connectivity index (χ3v) is 4.12. The van der Waals surface area contributed by atoms with Crippen LogP contribution in [0.15, 0.2) is 24.4 Å². The quantitative estimate of drug-likeness (QED) is 0.904. The van der Waals surface area contributed by atoms with Gasteiger partial charge in [-0.15, -0.1) is 0 Å². The van der Waals surface area contributed by atoms with Crippen LogP contribution in [-0.4, -0.2) is 16.3 Å². The highest BCUT2D eigenvalue weighted by atomic mass is 15.3. The van der Waals surface area contributed by atoms with Gasteiger partial charge >= 0.3 is 0 Å². The van der Waals surface area contributed by atoms with Gasteiger partial charge in [0.2, 0.25) is 0 Å². The minimum absolute atomic E-state index is 0.875. The maximum atomic E-state index is 4.63. The van der Waals surface area contributed by atoms with Gasteiger partial charge in [0.1, 0.15) is 0 Å². The molecule has 1 aromatic carbocycles. The molecule has 1 aliphatic rings. The zero-order chi connectivity index (χ0) is 13.9. The van der Waals surface area contributed by atoms with E-state index >= 15 is 0 Å². The molecule has 1 heterocycles. The van der Waals surface area contributed by atoms with Crippen LogP contribution in [0.5, 0.6) is 0 Å². The first-order valence-corrected chi connectivity index (χ1v) is 7.60. The fraction of sp³-hybridized carbons (Fsp3) is 0.471. The van der Waals surface area contributed by atoms with Crippen molar-refractivity contribution in [1.82, 2.24) is 15.1 Å². The molecule has 0 fully saturated rings. The van der Waals surface area contributed by atoms with Crippen molar-refractivity contribution < 1.29 is 0 Å². The molecule has 0 bridgehead atoms. The fourth-order valence-electron chi connectivity index (χ4n) is 2.98. The van der Waals surface area contributed by atoms with Crippen LogP contribution in [0.4, 0.5) is 0 Å². The lowest BCUT2D eigenvalue weighted by Gasteiger charge is -2.05. The molecule has 1 aliphatic carbocycles. The molecular weight excluding hydrogens is 246 g/mol. The Morgan fingerprint density at radius 2 is 2.10 bits per heavy atom. The van der Waals surface area contributed by atoms with Gasteiger partial charge in [-0.25, -0.2) is 0 Å². The van der Waals surface area contributed by atoms with Crippen molar-refractivity contribution in [2.24, 2.45) is 0 Å². The summed E-state index contributed by atoms with van der Waals surface area (Å²) in [5.41, 5.74) is 6.88. The number of benzene rings is 1. The minimum Gasteiger partial charge on any atom is -0.313 e. The summed E-state index contributed by atoms with van der Waals surface area (Å²) < 4.78 is 2.07. The maximum absolute atomic E-state index is 4.63. The van der Waals surface area contributed by atoms with E-state index in [9.17, 15) is 0 Å². The second-order valence-electron chi connectivity index (χ2n) is 5.67. The number of nitrogens with zero attached hydrogens (tertiary/aromatic N) is 2. The molecule has 0 unspecified atom stereocenters. The molecule has 1 aromatic heterocycles. The topological polar surface area (TPSA) is 29.9 Å². The average molecular weight is 269 g/mol. The summed E-state index contributed by atoms with van der Waals surface area (Å²) in [6.45, 7) is 7.00. The zero-order valence-electron chi connectivity index (χ0n) is 12.4. The number of aryl methyl sites for hydroxylation is 3. The summed E-state index contributed by atoms with van der Waals surface area (Å²) >= 11 is 0. The van der Waals surface area contributed by atoms with Crippen LogP contribution in [0.2, 0.25) is 0 Å². The van der Waals surface area contributed by atoms with Gasteiger partial charge in [0.25, 0.3) is 0 Å². The van der Waals surface area contributed by atoms with Crippen molar-refractivity contribution >= 4 is 0 Å². The summed E-state index contributed by atoms with van der Waals surface area (Å²) in [5, 5.41) is 7.99. The summed E-state index contributed by atoms with van der Waals surface area (Å²) in [6.07, 6.45) is 5.98. The standard InChI is InChI=1S/C17H23N3/c1-3-18-10-17-12-20(19-13(17)2)11-14-7-8-15-5-4-6-16(15)9-14/h7-9,12,18H,3-6,10-11H2,1-2H3. The second kappa shape index (κ2) is 5.80. The van der Waals surface area contributed by atoms with E-state index in [4.69, 9.17) is 0 Å². The van der Waals surface area contributed by atoms with Crippen molar-refractivity contribution in [3.05, 3.63) is 52.3 Å². The normalized spacial score (nSPS) is 13.7. The van der Waals surface area contributed by atoms with Crippen molar-refractivity contribution in [3.8, 4) is 0 Å². The molecule has 3 rings (SSSR count). The Hall–Kier alpha value is -1.61. The molecule has 0 atom stereocenters. The first kappa shape index (κ1) is 13.4. The molecule has 1 N–H and O–H groups in total. The van der Waals surface area contributed by atoms with E-state index in [-0.39, 0.29) is 0 Å². The lowest BCUT2D eigenvalue weighted by Crippen LogP contribution is -2.11. The minimum atomic E-state index is 0.875. The van der Waals surface area contributed by atoms with Crippen LogP contribution >= 0.6 is 0 Å². The molecular formula is C17H23N3. The van der Waals surface area contributed by atoms with E-state index in [1.165, 1.54) is 30.4 Å². The Morgan fingerprint density at radius 1 is 1.25 bits per heavy atom. The smallest absolute Gasteiger partial charge is 0.0659 e. The lowest BCUT2D eigenvalue weighted by atomic mass is 10.1. The predicted octanol–water partition coefficient (Wildman–Crippen LogP) is 2.84. The van der Waals surface area contributed by atoms with Crippen LogP contribution in [0.1, 0.15) is 41.3 Å². The Labute approximate surface area is 121 Å². The molecule has 106 valence electrons. The van der Waals surface area contributed by atoms with E-state index in [1.54, 1.807) is 11.1 Å². The SMILES string of the molecule is CCNCc1cn(Cc2ccc3c(c2)CCC3)nc1C. The van der Waals surface area contributed by atoms with Gasteiger partial charge < -0.3 is 5.32 Å². The van der Waals surface area contributed by atoms with Gasteiger partial charge in [0.05, 0.1) is 12.2 Å². The number of rotatable bonds is 5. The number of hydrogen-bond donors (Lipinski definition) is 1. The first-order chi connectivity index (χ1) is 9.76. The van der Waals surface area contributed by atoms with Crippen LogP contribution in [0.3, 0.4) is 0 Å². The molecule has 0 spiro atoms. The van der Waals surface area contributed by atoms with Gasteiger partial charge in [-0.3, -0.25) is 4.68 Å². The average Bonchev–Trinajstić information content (AvgIpc) is 3.03. The summed E-state index contributed by atoms with van der Waals surface area (Å²) in [4.78, 5) is 0. The maximum Gasteiger partial charge on any atom is 0.0659 e. The van der Waals surface area contributed by atoms with Crippen molar-refractivity contribution in [2.75, 3.05) is 6.54 Å². The van der Waals surface area contributed by atoms with Gasteiger partial charge in [-0.1, -0.05) is 25.1 Å². The van der Waals surface area contributed by atoms with E-state index < -0.39 is 0 Å². The molecule has 2 aromatic rings. The van der Waals surface area contributed by atoms with Gasteiger partial charge in [0.15, 0.2) is 0 Å². The highest BCUT2D eigenvalue weighted by molar-refractivity contribution is 5.35. The molecule has 0 saturated carbocycles. The van der Waals surface area contributed by atoms with Gasteiger partial charge in [-0.05, 0) is 49.4 Å². The monoisotopic (exact) mass is 269 g/mol. The van der Waals surface area contributed by atoms with Crippen molar-refractivity contribution in [3.63, 3.8) is 0 Å². The molecule has 3 heteroatoms. The van der Waals surface area contributed by atoms with Crippen LogP contribution in [-0.2, 0) is 25.9 Å². The largest absolute Gasteiger partial charge is 0.313 e. The Kier molecular flexibility index (Phi) is 3.88. The molecule has 0 radical (unpaired) electrons. The fourth-order valence-corrected chi connectivity index (χ4v) is 2.98. The van der Waals surface area contributed by atoms with Crippen LogP contribution in [0.25, 0.3) is 0 Å². The summed E-state index contributed by atoms with van der Waals surface area (Å²) in [5.74, 6) is 0. The van der Waals surface area contributed by atoms with E-state index in [0.29, 0.717) is 0 Å². The van der Waals surface area contributed by atoms with Gasteiger partial charge in [-0.2, -0.15) is 5.10 Å². The zero-order valence-corrected chi connectivity index (χ0v) is 12.4. The Bertz CT molecular complexity index is 598. The molecule has 0 aliphatic heterocycles. The molecule has 0 saturated heterocycles. The van der Waals surface area contributed by atoms with Crippen LogP contribution in [0, 0.1) is 6.92 Å². The van der Waals surface area contributed by atoms with E-state index in [2.05, 4.69) is 53.3 Å². The van der Waals surface area contributed by atoms with Gasteiger partial charge in [0, 0.05) is 18.3 Å². The first-order valence-electron chi connectivity index (χ1n) is 7.60. The van der Waals surface area contributed by atoms with Crippen molar-refractivity contribution in [1.29, 1.82) is 0 Å². The predicted molar refractivity (Wildman–Crippen MR) is 81.9 cm³/mol. The Morgan fingerprint density at radius 3 is 2.95 bits per heavy atom. The Balaban J connectivity index is 1.74. The molecule has 3 nitrogen and oxygen atoms in total. The number of nitrogens with one attached hydrogen (secondary N) is 1. The summed E-state index contributed by atoms with van der Waals surface area (Å²) in [7, 11) is 0. The highest BCUT2D eigenvalue weighted by Gasteiger charge is 2.11.